The maximum Gasteiger partial charge on any atom is 0.316 e. The van der Waals surface area contributed by atoms with Crippen LogP contribution >= 0.6 is 0 Å². The van der Waals surface area contributed by atoms with E-state index in [1.807, 2.05) is 0 Å². The van der Waals surface area contributed by atoms with Crippen molar-refractivity contribution < 1.29 is 9.89 Å². The molecule has 0 spiro atoms. The lowest BCUT2D eigenvalue weighted by molar-refractivity contribution is -0.453. The van der Waals surface area contributed by atoms with Gasteiger partial charge in [0.2, 0.25) is 0 Å². The van der Waals surface area contributed by atoms with E-state index >= 15 is 0 Å². The Hall–Kier alpha value is -1.32. The second kappa shape index (κ2) is 3.86. The molecule has 1 aromatic rings. The number of hydrogen-bond donors (Lipinski definition) is 2. The van der Waals surface area contributed by atoms with Crippen LogP contribution in [0.25, 0.3) is 0 Å². The number of aromatic nitrogens is 2. The van der Waals surface area contributed by atoms with E-state index in [2.05, 4.69) is 17.1 Å². The van der Waals surface area contributed by atoms with E-state index in [0.717, 1.165) is 23.8 Å². The van der Waals surface area contributed by atoms with E-state index in [4.69, 9.17) is 5.73 Å². The molecule has 0 bridgehead atoms. The number of primary amides is 1. The first kappa shape index (κ1) is 10.8. The molecule has 0 saturated heterocycles. The fourth-order valence-corrected chi connectivity index (χ4v) is 3.53. The van der Waals surface area contributed by atoms with E-state index in [1.54, 1.807) is 0 Å². The highest BCUT2D eigenvalue weighted by atomic mass is 16.1. The van der Waals surface area contributed by atoms with E-state index in [-0.39, 0.29) is 5.91 Å². The maximum absolute atomic E-state index is 11.2. The Morgan fingerprint density at radius 2 is 2.35 bits per heavy atom. The van der Waals surface area contributed by atoms with Gasteiger partial charge in [0.05, 0.1) is 11.3 Å². The number of rotatable bonds is 5. The van der Waals surface area contributed by atoms with Crippen LogP contribution in [0, 0.1) is 11.8 Å². The smallest absolute Gasteiger partial charge is 0.316 e. The minimum Gasteiger partial charge on any atom is -0.360 e. The molecule has 4 N–H and O–H groups in total. The minimum absolute atomic E-state index is 0.341. The van der Waals surface area contributed by atoms with Gasteiger partial charge in [0, 0.05) is 5.92 Å². The normalized spacial score (nSPS) is 28.9. The summed E-state index contributed by atoms with van der Waals surface area (Å²) in [6.07, 6.45) is 6.35. The van der Waals surface area contributed by atoms with Crippen LogP contribution in [-0.4, -0.2) is 11.0 Å². The van der Waals surface area contributed by atoms with Crippen LogP contribution in [0.15, 0.2) is 0 Å². The lowest BCUT2D eigenvalue weighted by atomic mass is 10.0. The Kier molecular flexibility index (Phi) is 2.45. The Morgan fingerprint density at radius 1 is 1.53 bits per heavy atom. The number of amides is 1. The van der Waals surface area contributed by atoms with Crippen molar-refractivity contribution in [2.45, 2.75) is 44.9 Å². The first-order valence-electron chi connectivity index (χ1n) is 6.66. The zero-order valence-corrected chi connectivity index (χ0v) is 10.3. The van der Waals surface area contributed by atoms with Gasteiger partial charge < -0.3 is 5.73 Å². The third kappa shape index (κ3) is 1.58. The number of nitrogens with one attached hydrogen (secondary N) is 2. The SMILES string of the molecule is CCCCCC1C2Cc3c([nH][nH+]c3C(N)=O)C12. The van der Waals surface area contributed by atoms with Gasteiger partial charge in [-0.2, -0.15) is 5.10 Å². The zero-order valence-electron chi connectivity index (χ0n) is 10.3. The van der Waals surface area contributed by atoms with Crippen LogP contribution in [0.2, 0.25) is 0 Å². The number of unbranched alkanes of at least 4 members (excludes halogenated alkanes) is 2. The molecule has 4 nitrogen and oxygen atoms in total. The molecular formula is C13H20N3O+. The van der Waals surface area contributed by atoms with Crippen molar-refractivity contribution in [1.29, 1.82) is 0 Å². The molecule has 1 saturated carbocycles. The van der Waals surface area contributed by atoms with E-state index in [9.17, 15) is 4.79 Å². The van der Waals surface area contributed by atoms with Gasteiger partial charge in [-0.25, -0.2) is 0 Å². The number of aromatic amines is 2. The summed E-state index contributed by atoms with van der Waals surface area (Å²) in [5, 5.41) is 6.07. The molecule has 2 aliphatic rings. The highest BCUT2D eigenvalue weighted by Gasteiger charge is 2.58. The number of nitrogens with two attached hydrogens (primary N) is 1. The number of carbonyl (C=O) groups is 1. The molecule has 0 aromatic carbocycles. The van der Waals surface area contributed by atoms with Crippen molar-refractivity contribution >= 4 is 5.91 Å². The third-order valence-corrected chi connectivity index (χ3v) is 4.44. The fraction of sp³-hybridized carbons (Fsp3) is 0.692. The summed E-state index contributed by atoms with van der Waals surface area (Å²) in [5.41, 5.74) is 8.34. The number of hydrogen-bond acceptors (Lipinski definition) is 1. The van der Waals surface area contributed by atoms with Crippen molar-refractivity contribution in [3.8, 4) is 0 Å². The first-order valence-corrected chi connectivity index (χ1v) is 6.66. The highest BCUT2D eigenvalue weighted by Crippen LogP contribution is 2.62. The van der Waals surface area contributed by atoms with E-state index in [0.29, 0.717) is 11.6 Å². The van der Waals surface area contributed by atoms with Crippen molar-refractivity contribution in [1.82, 2.24) is 5.10 Å². The molecule has 3 unspecified atom stereocenters. The van der Waals surface area contributed by atoms with Gasteiger partial charge in [-0.15, -0.1) is 5.10 Å². The Balaban J connectivity index is 1.68. The average molecular weight is 234 g/mol. The molecular weight excluding hydrogens is 214 g/mol. The van der Waals surface area contributed by atoms with Crippen LogP contribution in [-0.2, 0) is 6.42 Å². The molecule has 0 radical (unpaired) electrons. The lowest BCUT2D eigenvalue weighted by Gasteiger charge is -2.01. The lowest BCUT2D eigenvalue weighted by Crippen LogP contribution is -2.23. The maximum atomic E-state index is 11.2. The fourth-order valence-electron chi connectivity index (χ4n) is 3.53. The zero-order chi connectivity index (χ0) is 12.0. The Morgan fingerprint density at radius 3 is 3.06 bits per heavy atom. The summed E-state index contributed by atoms with van der Waals surface area (Å²) in [6, 6.07) is 0. The van der Waals surface area contributed by atoms with Gasteiger partial charge in [0.15, 0.2) is 0 Å². The van der Waals surface area contributed by atoms with Crippen molar-refractivity contribution in [3.05, 3.63) is 17.0 Å². The summed E-state index contributed by atoms with van der Waals surface area (Å²) in [4.78, 5) is 11.2. The van der Waals surface area contributed by atoms with Crippen molar-refractivity contribution in [2.24, 2.45) is 17.6 Å². The van der Waals surface area contributed by atoms with Gasteiger partial charge in [-0.05, 0) is 24.7 Å². The quantitative estimate of drug-likeness (QED) is 0.742. The van der Waals surface area contributed by atoms with Crippen molar-refractivity contribution in [2.75, 3.05) is 0 Å². The summed E-state index contributed by atoms with van der Waals surface area (Å²) in [7, 11) is 0. The topological polar surface area (TPSA) is 73.0 Å². The molecule has 92 valence electrons. The molecule has 1 heterocycles. The number of carbonyl (C=O) groups excluding carboxylic acids is 1. The monoisotopic (exact) mass is 234 g/mol. The number of fused-ring (bicyclic) bond motifs is 3. The van der Waals surface area contributed by atoms with Gasteiger partial charge in [-0.3, -0.25) is 4.79 Å². The highest BCUT2D eigenvalue weighted by molar-refractivity contribution is 5.91. The number of H-pyrrole nitrogens is 2. The van der Waals surface area contributed by atoms with Crippen molar-refractivity contribution in [3.63, 3.8) is 0 Å². The predicted octanol–water partition coefficient (Wildman–Crippen LogP) is 1.39. The largest absolute Gasteiger partial charge is 0.360 e. The second-order valence-corrected chi connectivity index (χ2v) is 5.43. The van der Waals surface area contributed by atoms with Gasteiger partial charge in [0.1, 0.15) is 0 Å². The molecule has 0 aliphatic heterocycles. The van der Waals surface area contributed by atoms with E-state index in [1.165, 1.54) is 31.4 Å². The molecule has 2 aliphatic carbocycles. The van der Waals surface area contributed by atoms with Crippen LogP contribution in [0.5, 0.6) is 0 Å². The van der Waals surface area contributed by atoms with Gasteiger partial charge in [0.25, 0.3) is 5.69 Å². The summed E-state index contributed by atoms with van der Waals surface area (Å²) >= 11 is 0. The molecule has 1 fully saturated rings. The Bertz CT molecular complexity index is 452. The molecule has 3 rings (SSSR count). The van der Waals surface area contributed by atoms with Gasteiger partial charge in [-0.1, -0.05) is 26.2 Å². The molecule has 3 atom stereocenters. The molecule has 1 aromatic heterocycles. The minimum atomic E-state index is -0.341. The molecule has 4 heteroatoms. The third-order valence-electron chi connectivity index (χ3n) is 4.44. The Labute approximate surface area is 101 Å². The van der Waals surface area contributed by atoms with Crippen LogP contribution in [0.1, 0.15) is 60.3 Å². The van der Waals surface area contributed by atoms with Gasteiger partial charge >= 0.3 is 5.91 Å². The van der Waals surface area contributed by atoms with Crippen LogP contribution in [0.3, 0.4) is 0 Å². The summed E-state index contributed by atoms with van der Waals surface area (Å²) < 4.78 is 0. The van der Waals surface area contributed by atoms with E-state index < -0.39 is 0 Å². The summed E-state index contributed by atoms with van der Waals surface area (Å²) in [5.74, 6) is 1.96. The standard InChI is InChI=1S/C13H19N3O/c1-2-3-4-5-7-8-6-9-11(10(7)8)15-16-12(9)13(14)17/h7-8,10H,2-6H2,1H3,(H2,14,17)(H,15,16)/p+1. The van der Waals surface area contributed by atoms with Crippen LogP contribution in [0.4, 0.5) is 0 Å². The van der Waals surface area contributed by atoms with Crippen LogP contribution < -0.4 is 10.8 Å². The average Bonchev–Trinajstić information content (AvgIpc) is 2.68. The molecule has 17 heavy (non-hydrogen) atoms. The second-order valence-electron chi connectivity index (χ2n) is 5.43. The predicted molar refractivity (Wildman–Crippen MR) is 63.4 cm³/mol. The molecule has 1 amide bonds. The first-order chi connectivity index (χ1) is 8.24. The summed E-state index contributed by atoms with van der Waals surface area (Å²) in [6.45, 7) is 2.24.